The Labute approximate surface area is 112 Å². The summed E-state index contributed by atoms with van der Waals surface area (Å²) in [6, 6.07) is 6.85. The molecular weight excluding hydrogens is 264 g/mol. The summed E-state index contributed by atoms with van der Waals surface area (Å²) in [5.74, 6) is 0.430. The quantitative estimate of drug-likeness (QED) is 0.859. The molecule has 19 heavy (non-hydrogen) atoms. The molecule has 0 unspecified atom stereocenters. The van der Waals surface area contributed by atoms with Crippen LogP contribution >= 0.6 is 0 Å². The summed E-state index contributed by atoms with van der Waals surface area (Å²) in [5, 5.41) is 9.01. The first kappa shape index (κ1) is 12.6. The predicted molar refractivity (Wildman–Crippen MR) is 71.5 cm³/mol. The highest BCUT2D eigenvalue weighted by molar-refractivity contribution is 7.90. The van der Waals surface area contributed by atoms with Gasteiger partial charge in [-0.15, -0.1) is 0 Å². The van der Waals surface area contributed by atoms with Crippen LogP contribution in [0.4, 0.5) is 0 Å². The molecule has 1 aliphatic carbocycles. The molecule has 1 aromatic rings. The highest BCUT2D eigenvalue weighted by atomic mass is 32.2. The molecule has 3 rings (SSSR count). The second-order valence-corrected chi connectivity index (χ2v) is 6.89. The van der Waals surface area contributed by atoms with Gasteiger partial charge in [0.1, 0.15) is 5.84 Å². The monoisotopic (exact) mass is 280 g/mol. The van der Waals surface area contributed by atoms with Gasteiger partial charge in [-0.25, -0.2) is 8.42 Å². The van der Waals surface area contributed by atoms with Gasteiger partial charge < -0.3 is 5.11 Å². The molecule has 0 amide bonds. The van der Waals surface area contributed by atoms with Gasteiger partial charge in [0, 0.05) is 18.7 Å². The van der Waals surface area contributed by atoms with E-state index in [2.05, 4.69) is 9.71 Å². The Morgan fingerprint density at radius 3 is 2.74 bits per heavy atom. The number of benzene rings is 1. The highest BCUT2D eigenvalue weighted by Gasteiger charge is 2.42. The van der Waals surface area contributed by atoms with Crippen molar-refractivity contribution < 1.29 is 13.5 Å². The van der Waals surface area contributed by atoms with E-state index in [-0.39, 0.29) is 12.0 Å². The lowest BCUT2D eigenvalue weighted by Crippen LogP contribution is -2.23. The van der Waals surface area contributed by atoms with E-state index in [1.54, 1.807) is 24.3 Å². The van der Waals surface area contributed by atoms with E-state index in [4.69, 9.17) is 5.11 Å². The summed E-state index contributed by atoms with van der Waals surface area (Å²) >= 11 is 0. The smallest absolute Gasteiger partial charge is 0.263 e. The van der Waals surface area contributed by atoms with E-state index in [1.807, 2.05) is 0 Å². The van der Waals surface area contributed by atoms with Crippen molar-refractivity contribution >= 4 is 15.9 Å². The molecule has 2 N–H and O–H groups in total. The maximum atomic E-state index is 11.9. The lowest BCUT2D eigenvalue weighted by Gasteiger charge is -2.10. The van der Waals surface area contributed by atoms with Crippen LogP contribution in [-0.2, 0) is 10.0 Å². The number of nitrogens with zero attached hydrogens (tertiary/aromatic N) is 1. The van der Waals surface area contributed by atoms with Crippen LogP contribution in [-0.4, -0.2) is 32.5 Å². The van der Waals surface area contributed by atoms with Gasteiger partial charge in [-0.2, -0.15) is 0 Å². The molecule has 1 fully saturated rings. The third-order valence-electron chi connectivity index (χ3n) is 3.83. The number of hydrogen-bond donors (Lipinski definition) is 2. The van der Waals surface area contributed by atoms with Crippen molar-refractivity contribution in [3.8, 4) is 0 Å². The summed E-state index contributed by atoms with van der Waals surface area (Å²) in [4.78, 5) is 4.72. The van der Waals surface area contributed by atoms with Crippen LogP contribution in [0.15, 0.2) is 34.2 Å². The zero-order valence-electron chi connectivity index (χ0n) is 10.5. The second kappa shape index (κ2) is 4.31. The minimum absolute atomic E-state index is 0.0880. The summed E-state index contributed by atoms with van der Waals surface area (Å²) in [6.45, 7) is 0.729. The van der Waals surface area contributed by atoms with E-state index < -0.39 is 10.0 Å². The maximum absolute atomic E-state index is 11.9. The molecule has 102 valence electrons. The van der Waals surface area contributed by atoms with E-state index in [9.17, 15) is 8.42 Å². The molecule has 0 bridgehead atoms. The third-order valence-corrected chi connectivity index (χ3v) is 5.23. The summed E-state index contributed by atoms with van der Waals surface area (Å²) in [6.07, 6.45) is 2.84. The lowest BCUT2D eigenvalue weighted by atomic mass is 10.0. The van der Waals surface area contributed by atoms with Crippen LogP contribution in [0.5, 0.6) is 0 Å². The molecule has 0 saturated heterocycles. The molecule has 0 spiro atoms. The first-order chi connectivity index (χ1) is 9.06. The zero-order valence-corrected chi connectivity index (χ0v) is 11.3. The van der Waals surface area contributed by atoms with Crippen LogP contribution in [0.1, 0.15) is 24.8 Å². The molecule has 0 atom stereocenters. The van der Waals surface area contributed by atoms with Crippen LogP contribution in [0, 0.1) is 5.41 Å². The van der Waals surface area contributed by atoms with Crippen LogP contribution < -0.4 is 4.72 Å². The Hall–Kier alpha value is -1.40. The number of aliphatic hydroxyl groups is 1. The topological polar surface area (TPSA) is 78.8 Å². The molecule has 2 aliphatic rings. The second-order valence-electron chi connectivity index (χ2n) is 5.24. The van der Waals surface area contributed by atoms with Crippen LogP contribution in [0.25, 0.3) is 0 Å². The van der Waals surface area contributed by atoms with E-state index in [0.29, 0.717) is 22.8 Å². The van der Waals surface area contributed by atoms with Crippen molar-refractivity contribution in [2.75, 3.05) is 13.2 Å². The Morgan fingerprint density at radius 2 is 2.05 bits per heavy atom. The van der Waals surface area contributed by atoms with E-state index in [0.717, 1.165) is 19.3 Å². The predicted octanol–water partition coefficient (Wildman–Crippen LogP) is 0.888. The first-order valence-electron chi connectivity index (χ1n) is 6.34. The number of aliphatic imine (C=N–C) groups is 1. The number of rotatable bonds is 4. The summed E-state index contributed by atoms with van der Waals surface area (Å²) in [7, 11) is -3.44. The molecular formula is C13H16N2O3S. The minimum Gasteiger partial charge on any atom is -0.396 e. The number of sulfonamides is 1. The molecule has 1 aromatic carbocycles. The van der Waals surface area contributed by atoms with Gasteiger partial charge in [0.25, 0.3) is 10.0 Å². The first-order valence-corrected chi connectivity index (χ1v) is 7.82. The van der Waals surface area contributed by atoms with E-state index >= 15 is 0 Å². The fourth-order valence-corrected chi connectivity index (χ4v) is 3.65. The summed E-state index contributed by atoms with van der Waals surface area (Å²) < 4.78 is 26.3. The van der Waals surface area contributed by atoms with Crippen molar-refractivity contribution in [3.05, 3.63) is 29.8 Å². The Balaban J connectivity index is 1.88. The molecule has 1 saturated carbocycles. The Bertz CT molecular complexity index is 633. The number of aliphatic hydroxyl groups excluding tert-OH is 1. The van der Waals surface area contributed by atoms with Crippen molar-refractivity contribution in [3.63, 3.8) is 0 Å². The number of amidine groups is 1. The molecule has 5 nitrogen and oxygen atoms in total. The zero-order chi connectivity index (χ0) is 13.5. The minimum atomic E-state index is -3.44. The van der Waals surface area contributed by atoms with Crippen molar-refractivity contribution in [2.24, 2.45) is 10.4 Å². The number of fused-ring (bicyclic) bond motifs is 1. The van der Waals surface area contributed by atoms with Crippen LogP contribution in [0.3, 0.4) is 0 Å². The normalized spacial score (nSPS) is 23.9. The largest absolute Gasteiger partial charge is 0.396 e. The summed E-state index contributed by atoms with van der Waals surface area (Å²) in [5.41, 5.74) is 0.729. The van der Waals surface area contributed by atoms with E-state index in [1.165, 1.54) is 0 Å². The highest BCUT2D eigenvalue weighted by Crippen LogP contribution is 2.48. The van der Waals surface area contributed by atoms with Gasteiger partial charge in [0.15, 0.2) is 0 Å². The molecule has 1 heterocycles. The maximum Gasteiger partial charge on any atom is 0.263 e. The fraction of sp³-hybridized carbons (Fsp3) is 0.462. The standard InChI is InChI=1S/C13H16N2O3S/c16-8-7-13(5-6-13)9-14-12-10-3-1-2-4-11(10)19(17,18)15-12/h1-4,16H,5-9H2,(H,14,15). The Kier molecular flexibility index (Phi) is 2.87. The Morgan fingerprint density at radius 1 is 1.32 bits per heavy atom. The van der Waals surface area contributed by atoms with Crippen molar-refractivity contribution in [1.29, 1.82) is 0 Å². The van der Waals surface area contributed by atoms with Gasteiger partial charge in [-0.05, 0) is 36.8 Å². The van der Waals surface area contributed by atoms with Crippen molar-refractivity contribution in [1.82, 2.24) is 4.72 Å². The van der Waals surface area contributed by atoms with Gasteiger partial charge >= 0.3 is 0 Å². The fourth-order valence-electron chi connectivity index (χ4n) is 2.40. The number of nitrogens with one attached hydrogen (secondary N) is 1. The lowest BCUT2D eigenvalue weighted by molar-refractivity contribution is 0.251. The SMILES string of the molecule is O=S1(=O)NC(=NCC2(CCO)CC2)c2ccccc21. The number of hydrogen-bond acceptors (Lipinski definition) is 4. The van der Waals surface area contributed by atoms with Crippen LogP contribution in [0.2, 0.25) is 0 Å². The van der Waals surface area contributed by atoms with Crippen molar-refractivity contribution in [2.45, 2.75) is 24.2 Å². The molecule has 0 aromatic heterocycles. The molecule has 1 aliphatic heterocycles. The van der Waals surface area contributed by atoms with Gasteiger partial charge in [-0.1, -0.05) is 12.1 Å². The molecule has 6 heteroatoms. The van der Waals surface area contributed by atoms with Gasteiger partial charge in [0.2, 0.25) is 0 Å². The third kappa shape index (κ3) is 2.26. The molecule has 0 radical (unpaired) electrons. The average molecular weight is 280 g/mol. The van der Waals surface area contributed by atoms with Gasteiger partial charge in [0.05, 0.1) is 4.90 Å². The van der Waals surface area contributed by atoms with Gasteiger partial charge in [-0.3, -0.25) is 9.71 Å². The average Bonchev–Trinajstić information content (AvgIpc) is 3.10.